The second kappa shape index (κ2) is 11.4. The predicted molar refractivity (Wildman–Crippen MR) is 139 cm³/mol. The summed E-state index contributed by atoms with van der Waals surface area (Å²) in [4.78, 5) is 11.7. The number of rotatable bonds is 10. The Morgan fingerprint density at radius 2 is 1.26 bits per heavy atom. The Balaban J connectivity index is 1.55. The first-order chi connectivity index (χ1) is 17.0. The minimum absolute atomic E-state index is 0.194. The molecule has 0 aliphatic heterocycles. The first-order valence-electron chi connectivity index (χ1n) is 11.7. The van der Waals surface area contributed by atoms with Gasteiger partial charge in [-0.05, 0) is 92.0 Å². The van der Waals surface area contributed by atoms with Crippen LogP contribution < -0.4 is 10.1 Å². The zero-order valence-electron chi connectivity index (χ0n) is 20.0. The normalized spacial score (nSPS) is 10.9. The van der Waals surface area contributed by atoms with Gasteiger partial charge in [0, 0.05) is 23.4 Å². The molecule has 7 heteroatoms. The molecule has 0 aliphatic rings. The molecular formula is C28H30N4O3. The summed E-state index contributed by atoms with van der Waals surface area (Å²) in [6.45, 7) is 7.86. The molecular weight excluding hydrogens is 440 g/mol. The fourth-order valence-corrected chi connectivity index (χ4v) is 3.66. The van der Waals surface area contributed by atoms with Gasteiger partial charge in [-0.25, -0.2) is 9.97 Å². The summed E-state index contributed by atoms with van der Waals surface area (Å²) in [5.74, 6) is 1.64. The number of ether oxygens (including phenoxy) is 1. The van der Waals surface area contributed by atoms with Crippen molar-refractivity contribution in [2.75, 3.05) is 31.6 Å². The number of hydrogen-bond donors (Lipinski definition) is 3. The van der Waals surface area contributed by atoms with Crippen LogP contribution >= 0.6 is 0 Å². The maximum Gasteiger partial charge on any atom is 0.228 e. The Morgan fingerprint density at radius 3 is 1.74 bits per heavy atom. The Bertz CT molecular complexity index is 1160. The van der Waals surface area contributed by atoms with Crippen LogP contribution in [0.4, 0.5) is 11.6 Å². The van der Waals surface area contributed by atoms with Crippen molar-refractivity contribution in [1.82, 2.24) is 14.9 Å². The molecule has 0 amide bonds. The van der Waals surface area contributed by atoms with E-state index in [2.05, 4.69) is 24.1 Å². The molecule has 0 spiro atoms. The Kier molecular flexibility index (Phi) is 7.80. The molecule has 0 unspecified atom stereocenters. The topological polar surface area (TPSA) is 90.7 Å². The minimum atomic E-state index is 0.194. The molecule has 1 aromatic heterocycles. The van der Waals surface area contributed by atoms with Crippen LogP contribution in [0.3, 0.4) is 0 Å². The number of likely N-dealkylation sites (N-methyl/N-ethyl adjacent to an activating group) is 1. The van der Waals surface area contributed by atoms with Crippen LogP contribution in [-0.2, 0) is 0 Å². The lowest BCUT2D eigenvalue weighted by Gasteiger charge is -2.18. The molecule has 0 radical (unpaired) electrons. The van der Waals surface area contributed by atoms with Crippen LogP contribution in [-0.4, -0.2) is 51.3 Å². The average Bonchev–Trinajstić information content (AvgIpc) is 2.88. The van der Waals surface area contributed by atoms with Crippen LogP contribution in [0.15, 0.2) is 78.9 Å². The molecule has 3 N–H and O–H groups in total. The molecule has 0 atom stereocenters. The lowest BCUT2D eigenvalue weighted by molar-refractivity contribution is 0.223. The monoisotopic (exact) mass is 470 g/mol. The smallest absolute Gasteiger partial charge is 0.228 e. The summed E-state index contributed by atoms with van der Waals surface area (Å²) in [6, 6.07) is 23.4. The molecule has 0 bridgehead atoms. The van der Waals surface area contributed by atoms with E-state index in [0.717, 1.165) is 42.2 Å². The van der Waals surface area contributed by atoms with E-state index in [1.807, 2.05) is 54.6 Å². The van der Waals surface area contributed by atoms with Crippen molar-refractivity contribution in [2.45, 2.75) is 13.8 Å². The number of phenolic OH excluding ortho intramolecular Hbond substituents is 2. The Hall–Kier alpha value is -4.10. The number of nitrogens with one attached hydrogen (secondary N) is 1. The summed E-state index contributed by atoms with van der Waals surface area (Å²) in [5.41, 5.74) is 3.96. The van der Waals surface area contributed by atoms with Crippen molar-refractivity contribution in [3.8, 4) is 39.8 Å². The van der Waals surface area contributed by atoms with Crippen molar-refractivity contribution in [3.05, 3.63) is 78.9 Å². The molecule has 4 aromatic rings. The van der Waals surface area contributed by atoms with Gasteiger partial charge in [0.1, 0.15) is 23.9 Å². The van der Waals surface area contributed by atoms with Crippen molar-refractivity contribution in [2.24, 2.45) is 0 Å². The summed E-state index contributed by atoms with van der Waals surface area (Å²) >= 11 is 0. The molecule has 0 saturated heterocycles. The van der Waals surface area contributed by atoms with Gasteiger partial charge >= 0.3 is 0 Å². The van der Waals surface area contributed by atoms with Gasteiger partial charge in [0.25, 0.3) is 0 Å². The predicted octanol–water partition coefficient (Wildman–Crippen LogP) is 5.69. The number of nitrogens with zero attached hydrogens (tertiary/aromatic N) is 3. The first kappa shape index (κ1) is 24.0. The zero-order valence-corrected chi connectivity index (χ0v) is 20.0. The van der Waals surface area contributed by atoms with E-state index in [-0.39, 0.29) is 11.5 Å². The lowest BCUT2D eigenvalue weighted by Crippen LogP contribution is -2.27. The molecule has 3 aromatic carbocycles. The third kappa shape index (κ3) is 6.49. The standard InChI is InChI=1S/C28H30N4O3/c1-3-32(4-2)17-18-35-25-15-9-22(10-16-25)29-28-30-26(20-5-11-23(33)12-6-20)19-27(31-28)21-7-13-24(34)14-8-21/h5-16,19,33-34H,3-4,17-18H2,1-2H3,(H,29,30,31). The van der Waals surface area contributed by atoms with Crippen LogP contribution in [0.2, 0.25) is 0 Å². The highest BCUT2D eigenvalue weighted by molar-refractivity contribution is 5.71. The fraction of sp³-hybridized carbons (Fsp3) is 0.214. The van der Waals surface area contributed by atoms with Gasteiger partial charge in [-0.1, -0.05) is 13.8 Å². The van der Waals surface area contributed by atoms with E-state index < -0.39 is 0 Å². The molecule has 35 heavy (non-hydrogen) atoms. The second-order valence-electron chi connectivity index (χ2n) is 8.08. The number of aromatic nitrogens is 2. The van der Waals surface area contributed by atoms with Gasteiger partial charge in [-0.15, -0.1) is 0 Å². The maximum atomic E-state index is 9.66. The summed E-state index contributed by atoms with van der Waals surface area (Å²) < 4.78 is 5.88. The zero-order chi connectivity index (χ0) is 24.6. The van der Waals surface area contributed by atoms with E-state index in [4.69, 9.17) is 14.7 Å². The van der Waals surface area contributed by atoms with E-state index in [1.54, 1.807) is 24.3 Å². The van der Waals surface area contributed by atoms with Crippen molar-refractivity contribution in [3.63, 3.8) is 0 Å². The average molecular weight is 471 g/mol. The van der Waals surface area contributed by atoms with Crippen LogP contribution in [0, 0.1) is 0 Å². The van der Waals surface area contributed by atoms with Gasteiger partial charge in [0.2, 0.25) is 5.95 Å². The van der Waals surface area contributed by atoms with E-state index in [1.165, 1.54) is 0 Å². The minimum Gasteiger partial charge on any atom is -0.508 e. The number of hydrogen-bond acceptors (Lipinski definition) is 7. The van der Waals surface area contributed by atoms with Gasteiger partial charge in [-0.3, -0.25) is 0 Å². The van der Waals surface area contributed by atoms with Gasteiger partial charge in [0.05, 0.1) is 11.4 Å². The molecule has 7 nitrogen and oxygen atoms in total. The lowest BCUT2D eigenvalue weighted by atomic mass is 10.1. The quantitative estimate of drug-likeness (QED) is 0.274. The number of benzene rings is 3. The van der Waals surface area contributed by atoms with Gasteiger partial charge < -0.3 is 25.2 Å². The van der Waals surface area contributed by atoms with Crippen molar-refractivity contribution < 1.29 is 14.9 Å². The highest BCUT2D eigenvalue weighted by Crippen LogP contribution is 2.28. The number of anilines is 2. The molecule has 4 rings (SSSR count). The molecule has 1 heterocycles. The van der Waals surface area contributed by atoms with Crippen molar-refractivity contribution >= 4 is 11.6 Å². The van der Waals surface area contributed by atoms with Crippen LogP contribution in [0.1, 0.15) is 13.8 Å². The summed E-state index contributed by atoms with van der Waals surface area (Å²) in [5, 5.41) is 22.6. The molecule has 0 aliphatic carbocycles. The van der Waals surface area contributed by atoms with Gasteiger partial charge in [-0.2, -0.15) is 0 Å². The first-order valence-corrected chi connectivity index (χ1v) is 11.7. The third-order valence-electron chi connectivity index (χ3n) is 5.73. The van der Waals surface area contributed by atoms with E-state index in [9.17, 15) is 10.2 Å². The van der Waals surface area contributed by atoms with Crippen molar-refractivity contribution in [1.29, 1.82) is 0 Å². The second-order valence-corrected chi connectivity index (χ2v) is 8.08. The number of aromatic hydroxyl groups is 2. The molecule has 0 fully saturated rings. The van der Waals surface area contributed by atoms with Crippen LogP contribution in [0.25, 0.3) is 22.5 Å². The summed E-state index contributed by atoms with van der Waals surface area (Å²) in [6.07, 6.45) is 0. The Morgan fingerprint density at radius 1 is 0.743 bits per heavy atom. The van der Waals surface area contributed by atoms with Gasteiger partial charge in [0.15, 0.2) is 0 Å². The highest BCUT2D eigenvalue weighted by atomic mass is 16.5. The fourth-order valence-electron chi connectivity index (χ4n) is 3.66. The van der Waals surface area contributed by atoms with E-state index in [0.29, 0.717) is 23.9 Å². The molecule has 180 valence electrons. The number of phenols is 2. The third-order valence-corrected chi connectivity index (χ3v) is 5.73. The SMILES string of the molecule is CCN(CC)CCOc1ccc(Nc2nc(-c3ccc(O)cc3)cc(-c3ccc(O)cc3)n2)cc1. The summed E-state index contributed by atoms with van der Waals surface area (Å²) in [7, 11) is 0. The van der Waals surface area contributed by atoms with Crippen LogP contribution in [0.5, 0.6) is 17.2 Å². The highest BCUT2D eigenvalue weighted by Gasteiger charge is 2.10. The Labute approximate surface area is 205 Å². The molecule has 0 saturated carbocycles. The largest absolute Gasteiger partial charge is 0.508 e. The maximum absolute atomic E-state index is 9.66. The van der Waals surface area contributed by atoms with E-state index >= 15 is 0 Å².